The van der Waals surface area contributed by atoms with E-state index in [1.165, 1.54) is 38.5 Å². The largest absolute Gasteiger partial charge is 0.0885 e. The zero-order chi connectivity index (χ0) is 9.78. The van der Waals surface area contributed by atoms with Crippen molar-refractivity contribution in [2.75, 3.05) is 0 Å². The van der Waals surface area contributed by atoms with Crippen LogP contribution in [-0.2, 0) is 0 Å². The first-order valence-corrected chi connectivity index (χ1v) is 5.60. The van der Waals surface area contributed by atoms with E-state index in [1.807, 2.05) is 0 Å². The maximum atomic E-state index is 5.27. The van der Waals surface area contributed by atoms with Crippen LogP contribution in [-0.4, -0.2) is 0 Å². The topological polar surface area (TPSA) is 0 Å². The normalized spacial score (nSPS) is 10.8. The van der Waals surface area contributed by atoms with Crippen molar-refractivity contribution in [1.82, 2.24) is 0 Å². The summed E-state index contributed by atoms with van der Waals surface area (Å²) in [6.45, 7) is 7.52. The fraction of sp³-hybridized carbons (Fsp3) is 0.692. The fourth-order valence-corrected chi connectivity index (χ4v) is 1.29. The van der Waals surface area contributed by atoms with Crippen LogP contribution >= 0.6 is 0 Å². The minimum Gasteiger partial charge on any atom is -0.0885 e. The quantitative estimate of drug-likeness (QED) is 0.356. The number of rotatable bonds is 9. The summed E-state index contributed by atoms with van der Waals surface area (Å²) in [5.41, 5.74) is 0. The summed E-state index contributed by atoms with van der Waals surface area (Å²) in [6.07, 6.45) is 16.5. The van der Waals surface area contributed by atoms with Crippen LogP contribution in [0.3, 0.4) is 0 Å². The third-order valence-electron chi connectivity index (χ3n) is 2.14. The van der Waals surface area contributed by atoms with Crippen molar-refractivity contribution in [2.45, 2.75) is 58.3 Å². The molecule has 0 atom stereocenters. The Labute approximate surface area is 83.7 Å². The van der Waals surface area contributed by atoms with Crippen molar-refractivity contribution in [1.29, 1.82) is 0 Å². The zero-order valence-corrected chi connectivity index (χ0v) is 8.97. The minimum atomic E-state index is 1.01. The third kappa shape index (κ3) is 11.5. The van der Waals surface area contributed by atoms with Crippen LogP contribution in [0.1, 0.15) is 58.3 Å². The number of hydrogen-bond donors (Lipinski definition) is 0. The highest BCUT2D eigenvalue weighted by molar-refractivity contribution is 4.83. The molecule has 0 nitrogen and oxygen atoms in total. The average molecular weight is 179 g/mol. The Morgan fingerprint density at radius 2 is 1.54 bits per heavy atom. The summed E-state index contributed by atoms with van der Waals surface area (Å²) in [6, 6.07) is 0. The molecule has 0 aromatic carbocycles. The molecule has 1 radical (unpaired) electrons. The first kappa shape index (κ1) is 12.5. The van der Waals surface area contributed by atoms with E-state index in [2.05, 4.69) is 19.1 Å². The Hall–Kier alpha value is -0.520. The lowest BCUT2D eigenvalue weighted by molar-refractivity contribution is 0.637. The van der Waals surface area contributed by atoms with E-state index >= 15 is 0 Å². The van der Waals surface area contributed by atoms with E-state index in [4.69, 9.17) is 6.58 Å². The lowest BCUT2D eigenvalue weighted by atomic mass is 10.1. The van der Waals surface area contributed by atoms with Gasteiger partial charge in [0.2, 0.25) is 0 Å². The molecular weight excluding hydrogens is 156 g/mol. The molecule has 0 aromatic heterocycles. The maximum Gasteiger partial charge on any atom is -0.0313 e. The van der Waals surface area contributed by atoms with Gasteiger partial charge in [-0.1, -0.05) is 57.4 Å². The van der Waals surface area contributed by atoms with E-state index in [0.717, 1.165) is 12.8 Å². The van der Waals surface area contributed by atoms with Crippen LogP contribution in [0.5, 0.6) is 0 Å². The Kier molecular flexibility index (Phi) is 11.0. The monoisotopic (exact) mass is 179 g/mol. The molecule has 13 heavy (non-hydrogen) atoms. The third-order valence-corrected chi connectivity index (χ3v) is 2.14. The van der Waals surface area contributed by atoms with E-state index in [9.17, 15) is 0 Å². The van der Waals surface area contributed by atoms with Gasteiger partial charge in [-0.2, -0.15) is 0 Å². The van der Waals surface area contributed by atoms with Gasteiger partial charge < -0.3 is 0 Å². The van der Waals surface area contributed by atoms with Crippen molar-refractivity contribution in [3.05, 3.63) is 24.8 Å². The van der Waals surface area contributed by atoms with Gasteiger partial charge in [-0.3, -0.25) is 0 Å². The van der Waals surface area contributed by atoms with Crippen molar-refractivity contribution in [3.8, 4) is 0 Å². The minimum absolute atomic E-state index is 1.01. The highest BCUT2D eigenvalue weighted by Gasteiger charge is 1.85. The van der Waals surface area contributed by atoms with Crippen LogP contribution < -0.4 is 0 Å². The number of unbranched alkanes of at least 4 members (excludes halogenated alkanes) is 6. The molecule has 0 aromatic rings. The smallest absolute Gasteiger partial charge is 0.0313 e. The average Bonchev–Trinajstić information content (AvgIpc) is 2.16. The van der Waals surface area contributed by atoms with E-state index < -0.39 is 0 Å². The van der Waals surface area contributed by atoms with E-state index in [0.29, 0.717) is 0 Å². The lowest BCUT2D eigenvalue weighted by Crippen LogP contribution is -1.75. The Morgan fingerprint density at radius 3 is 2.23 bits per heavy atom. The van der Waals surface area contributed by atoms with Gasteiger partial charge in [0.05, 0.1) is 0 Å². The summed E-state index contributed by atoms with van der Waals surface area (Å²) in [5, 5.41) is 0. The molecule has 0 aliphatic rings. The van der Waals surface area contributed by atoms with E-state index in [-0.39, 0.29) is 0 Å². The van der Waals surface area contributed by atoms with Gasteiger partial charge in [0.15, 0.2) is 0 Å². The van der Waals surface area contributed by atoms with Crippen LogP contribution in [0.4, 0.5) is 0 Å². The predicted octanol–water partition coefficient (Wildman–Crippen LogP) is 4.67. The first-order chi connectivity index (χ1) is 6.41. The van der Waals surface area contributed by atoms with Crippen molar-refractivity contribution < 1.29 is 0 Å². The van der Waals surface area contributed by atoms with Crippen LogP contribution in [0.25, 0.3) is 0 Å². The molecule has 0 spiro atoms. The standard InChI is InChI=1S/C13H23/c1-3-5-7-9-11-13-12-10-8-6-4-2/h1,3,9,11H,4-8,10,12-13H2,2H3. The van der Waals surface area contributed by atoms with Gasteiger partial charge in [0.1, 0.15) is 0 Å². The second-order valence-electron chi connectivity index (χ2n) is 3.49. The molecule has 0 aliphatic carbocycles. The second kappa shape index (κ2) is 11.5. The van der Waals surface area contributed by atoms with Gasteiger partial charge in [-0.15, -0.1) is 0 Å². The molecule has 0 bridgehead atoms. The second-order valence-corrected chi connectivity index (χ2v) is 3.49. The summed E-state index contributed by atoms with van der Waals surface area (Å²) in [7, 11) is 0. The van der Waals surface area contributed by atoms with Crippen LogP contribution in [0.15, 0.2) is 18.2 Å². The maximum absolute atomic E-state index is 5.27. The highest BCUT2D eigenvalue weighted by atomic mass is 13.9. The molecule has 0 amide bonds. The lowest BCUT2D eigenvalue weighted by Gasteiger charge is -1.95. The summed E-state index contributed by atoms with van der Waals surface area (Å²) >= 11 is 0. The molecule has 0 rings (SSSR count). The molecule has 0 saturated carbocycles. The predicted molar refractivity (Wildman–Crippen MR) is 60.6 cm³/mol. The molecule has 0 aliphatic heterocycles. The molecule has 75 valence electrons. The van der Waals surface area contributed by atoms with Gasteiger partial charge in [-0.25, -0.2) is 0 Å². The van der Waals surface area contributed by atoms with Crippen molar-refractivity contribution in [3.63, 3.8) is 0 Å². The summed E-state index contributed by atoms with van der Waals surface area (Å²) in [5.74, 6) is 0. The van der Waals surface area contributed by atoms with E-state index in [1.54, 1.807) is 6.08 Å². The number of allylic oxidation sites excluding steroid dienone is 3. The first-order valence-electron chi connectivity index (χ1n) is 5.60. The van der Waals surface area contributed by atoms with Crippen molar-refractivity contribution >= 4 is 0 Å². The van der Waals surface area contributed by atoms with Gasteiger partial charge in [0.25, 0.3) is 0 Å². The molecule has 0 unspecified atom stereocenters. The SMILES string of the molecule is [CH]=CCCC=CCCCCCCC. The molecule has 0 N–H and O–H groups in total. The van der Waals surface area contributed by atoms with Crippen LogP contribution in [0, 0.1) is 6.58 Å². The highest BCUT2D eigenvalue weighted by Crippen LogP contribution is 2.05. The molecule has 0 saturated heterocycles. The Morgan fingerprint density at radius 1 is 0.846 bits per heavy atom. The zero-order valence-electron chi connectivity index (χ0n) is 8.97. The van der Waals surface area contributed by atoms with Gasteiger partial charge in [-0.05, 0) is 25.7 Å². The van der Waals surface area contributed by atoms with Crippen molar-refractivity contribution in [2.24, 2.45) is 0 Å². The number of hydrogen-bond acceptors (Lipinski definition) is 0. The molecule has 0 heteroatoms. The molecule has 0 fully saturated rings. The Balaban J connectivity index is 2.97. The molecular formula is C13H23. The Bertz CT molecular complexity index is 122. The summed E-state index contributed by atoms with van der Waals surface area (Å²) in [4.78, 5) is 0. The fourth-order valence-electron chi connectivity index (χ4n) is 1.29. The van der Waals surface area contributed by atoms with Gasteiger partial charge in [0, 0.05) is 0 Å². The summed E-state index contributed by atoms with van der Waals surface area (Å²) < 4.78 is 0. The van der Waals surface area contributed by atoms with Crippen LogP contribution in [0.2, 0.25) is 0 Å². The van der Waals surface area contributed by atoms with Gasteiger partial charge >= 0.3 is 0 Å². The molecule has 0 heterocycles.